The molecule has 0 aliphatic carbocycles. The zero-order valence-corrected chi connectivity index (χ0v) is 11.0. The van der Waals surface area contributed by atoms with Crippen molar-refractivity contribution >= 4 is 11.6 Å². The van der Waals surface area contributed by atoms with Gasteiger partial charge in [-0.1, -0.05) is 12.1 Å². The van der Waals surface area contributed by atoms with E-state index in [0.29, 0.717) is 36.8 Å². The van der Waals surface area contributed by atoms with Crippen LogP contribution in [0.15, 0.2) is 28.8 Å². The molecule has 1 aromatic carbocycles. The molecule has 3 rings (SSSR count). The van der Waals surface area contributed by atoms with Gasteiger partial charge in [0, 0.05) is 25.1 Å². The van der Waals surface area contributed by atoms with Crippen molar-refractivity contribution in [3.05, 3.63) is 41.8 Å². The number of anilines is 1. The Hall–Kier alpha value is -2.24. The highest BCUT2D eigenvalue weighted by Crippen LogP contribution is 2.30. The van der Waals surface area contributed by atoms with Crippen molar-refractivity contribution in [3.8, 4) is 0 Å². The molecular weight excluding hydrogens is 261 g/mol. The third-order valence-corrected chi connectivity index (χ3v) is 3.41. The molecule has 1 aliphatic rings. The molecule has 0 bridgehead atoms. The SMILES string of the molecule is CCc1noc([C@@H]2CC(=O)N(c3ccc(F)cc3)C2)n1. The van der Waals surface area contributed by atoms with E-state index < -0.39 is 0 Å². The van der Waals surface area contributed by atoms with Crippen molar-refractivity contribution < 1.29 is 13.7 Å². The van der Waals surface area contributed by atoms with Crippen molar-refractivity contribution in [1.29, 1.82) is 0 Å². The predicted molar refractivity (Wildman–Crippen MR) is 69.8 cm³/mol. The third kappa shape index (κ3) is 2.29. The summed E-state index contributed by atoms with van der Waals surface area (Å²) in [6.07, 6.45) is 1.04. The molecule has 0 radical (unpaired) electrons. The Morgan fingerprint density at radius 3 is 2.80 bits per heavy atom. The molecule has 6 heteroatoms. The number of aromatic nitrogens is 2. The van der Waals surface area contributed by atoms with Crippen LogP contribution in [0.2, 0.25) is 0 Å². The highest BCUT2D eigenvalue weighted by atomic mass is 19.1. The predicted octanol–water partition coefficient (Wildman–Crippen LogP) is 2.29. The minimum atomic E-state index is -0.318. The summed E-state index contributed by atoms with van der Waals surface area (Å²) in [7, 11) is 0. The smallest absolute Gasteiger partial charge is 0.232 e. The zero-order chi connectivity index (χ0) is 14.1. The Labute approximate surface area is 115 Å². The van der Waals surface area contributed by atoms with Crippen LogP contribution < -0.4 is 4.90 Å². The van der Waals surface area contributed by atoms with Crippen LogP contribution in [0.5, 0.6) is 0 Å². The van der Waals surface area contributed by atoms with Gasteiger partial charge in [-0.15, -0.1) is 0 Å². The number of aryl methyl sites for hydroxylation is 1. The lowest BCUT2D eigenvalue weighted by atomic mass is 10.1. The van der Waals surface area contributed by atoms with E-state index >= 15 is 0 Å². The molecule has 104 valence electrons. The van der Waals surface area contributed by atoms with Crippen molar-refractivity contribution in [1.82, 2.24) is 10.1 Å². The van der Waals surface area contributed by atoms with Crippen LogP contribution >= 0.6 is 0 Å². The number of halogens is 1. The van der Waals surface area contributed by atoms with E-state index in [4.69, 9.17) is 4.52 Å². The third-order valence-electron chi connectivity index (χ3n) is 3.41. The number of nitrogens with zero attached hydrogens (tertiary/aromatic N) is 3. The fourth-order valence-electron chi connectivity index (χ4n) is 2.32. The summed E-state index contributed by atoms with van der Waals surface area (Å²) in [4.78, 5) is 18.0. The van der Waals surface area contributed by atoms with Crippen molar-refractivity contribution in [2.45, 2.75) is 25.7 Å². The highest BCUT2D eigenvalue weighted by molar-refractivity contribution is 5.96. The van der Waals surface area contributed by atoms with Gasteiger partial charge >= 0.3 is 0 Å². The van der Waals surface area contributed by atoms with Gasteiger partial charge in [-0.3, -0.25) is 4.79 Å². The van der Waals surface area contributed by atoms with Crippen LogP contribution in [0.3, 0.4) is 0 Å². The van der Waals surface area contributed by atoms with E-state index in [0.717, 1.165) is 0 Å². The monoisotopic (exact) mass is 275 g/mol. The van der Waals surface area contributed by atoms with Crippen molar-refractivity contribution in [2.75, 3.05) is 11.4 Å². The molecule has 2 heterocycles. The number of benzene rings is 1. The topological polar surface area (TPSA) is 59.2 Å². The van der Waals surface area contributed by atoms with Gasteiger partial charge in [0.15, 0.2) is 5.82 Å². The summed E-state index contributed by atoms with van der Waals surface area (Å²) >= 11 is 0. The minimum absolute atomic E-state index is 0.0159. The number of carbonyl (C=O) groups is 1. The molecule has 1 aromatic heterocycles. The lowest BCUT2D eigenvalue weighted by molar-refractivity contribution is -0.117. The summed E-state index contributed by atoms with van der Waals surface area (Å²) in [5, 5.41) is 3.85. The maximum absolute atomic E-state index is 12.9. The van der Waals surface area contributed by atoms with Gasteiger partial charge in [0.05, 0.1) is 5.92 Å². The molecule has 1 aliphatic heterocycles. The van der Waals surface area contributed by atoms with Crippen LogP contribution in [-0.2, 0) is 11.2 Å². The number of carbonyl (C=O) groups excluding carboxylic acids is 1. The minimum Gasteiger partial charge on any atom is -0.339 e. The molecule has 0 saturated carbocycles. The summed E-state index contributed by atoms with van der Waals surface area (Å²) in [5.41, 5.74) is 0.689. The molecule has 0 unspecified atom stereocenters. The first-order chi connectivity index (χ1) is 9.67. The first kappa shape index (κ1) is 12.8. The number of hydrogen-bond acceptors (Lipinski definition) is 4. The van der Waals surface area contributed by atoms with Gasteiger partial charge in [-0.25, -0.2) is 4.39 Å². The zero-order valence-electron chi connectivity index (χ0n) is 11.0. The Bertz CT molecular complexity index is 624. The van der Waals surface area contributed by atoms with Crippen molar-refractivity contribution in [3.63, 3.8) is 0 Å². The molecule has 0 spiro atoms. The summed E-state index contributed by atoms with van der Waals surface area (Å²) in [6, 6.07) is 5.89. The maximum atomic E-state index is 12.9. The fraction of sp³-hybridized carbons (Fsp3) is 0.357. The molecule has 1 saturated heterocycles. The van der Waals surface area contributed by atoms with Crippen LogP contribution in [-0.4, -0.2) is 22.6 Å². The average molecular weight is 275 g/mol. The standard InChI is InChI=1S/C14H14FN3O2/c1-2-12-16-14(20-17-12)9-7-13(19)18(8-9)11-5-3-10(15)4-6-11/h3-6,9H,2,7-8H2,1H3/t9-/m1/s1. The second kappa shape index (κ2) is 5.03. The Balaban J connectivity index is 1.79. The lowest BCUT2D eigenvalue weighted by Crippen LogP contribution is -2.24. The number of hydrogen-bond donors (Lipinski definition) is 0. The van der Waals surface area contributed by atoms with Crippen LogP contribution in [0.1, 0.15) is 31.0 Å². The summed E-state index contributed by atoms with van der Waals surface area (Å²) < 4.78 is 18.1. The molecule has 1 amide bonds. The molecule has 5 nitrogen and oxygen atoms in total. The van der Waals surface area contributed by atoms with E-state index in [1.54, 1.807) is 17.0 Å². The summed E-state index contributed by atoms with van der Waals surface area (Å²) in [6.45, 7) is 2.43. The van der Waals surface area contributed by atoms with E-state index in [1.807, 2.05) is 6.92 Å². The average Bonchev–Trinajstić information content (AvgIpc) is 3.06. The molecule has 1 fully saturated rings. The highest BCUT2D eigenvalue weighted by Gasteiger charge is 2.34. The number of amides is 1. The maximum Gasteiger partial charge on any atom is 0.232 e. The van der Waals surface area contributed by atoms with Crippen LogP contribution in [0.25, 0.3) is 0 Å². The van der Waals surface area contributed by atoms with Crippen LogP contribution in [0, 0.1) is 5.82 Å². The van der Waals surface area contributed by atoms with Gasteiger partial charge in [0.2, 0.25) is 11.8 Å². The quantitative estimate of drug-likeness (QED) is 0.862. The van der Waals surface area contributed by atoms with Crippen LogP contribution in [0.4, 0.5) is 10.1 Å². The van der Waals surface area contributed by atoms with E-state index in [-0.39, 0.29) is 17.6 Å². The molecule has 0 N–H and O–H groups in total. The van der Waals surface area contributed by atoms with Crippen molar-refractivity contribution in [2.24, 2.45) is 0 Å². The summed E-state index contributed by atoms with van der Waals surface area (Å²) in [5.74, 6) is 0.715. The van der Waals surface area contributed by atoms with Gasteiger partial charge in [0.1, 0.15) is 5.82 Å². The molecule has 2 aromatic rings. The Morgan fingerprint density at radius 1 is 1.40 bits per heavy atom. The fourth-order valence-corrected chi connectivity index (χ4v) is 2.32. The van der Waals surface area contributed by atoms with E-state index in [1.165, 1.54) is 12.1 Å². The first-order valence-corrected chi connectivity index (χ1v) is 6.55. The van der Waals surface area contributed by atoms with Gasteiger partial charge in [0.25, 0.3) is 0 Å². The normalized spacial score (nSPS) is 18.8. The lowest BCUT2D eigenvalue weighted by Gasteiger charge is -2.15. The van der Waals surface area contributed by atoms with Gasteiger partial charge in [-0.05, 0) is 24.3 Å². The molecule has 20 heavy (non-hydrogen) atoms. The Morgan fingerprint density at radius 2 is 2.15 bits per heavy atom. The van der Waals surface area contributed by atoms with E-state index in [9.17, 15) is 9.18 Å². The van der Waals surface area contributed by atoms with Gasteiger partial charge in [-0.2, -0.15) is 4.98 Å². The van der Waals surface area contributed by atoms with Gasteiger partial charge < -0.3 is 9.42 Å². The molecular formula is C14H14FN3O2. The second-order valence-electron chi connectivity index (χ2n) is 4.78. The Kier molecular flexibility index (Phi) is 3.22. The second-order valence-corrected chi connectivity index (χ2v) is 4.78. The molecule has 1 atom stereocenters. The van der Waals surface area contributed by atoms with E-state index in [2.05, 4.69) is 10.1 Å². The largest absolute Gasteiger partial charge is 0.339 e. The number of rotatable bonds is 3. The first-order valence-electron chi connectivity index (χ1n) is 6.55.